The van der Waals surface area contributed by atoms with Gasteiger partial charge in [0.15, 0.2) is 0 Å². The molecule has 0 amide bonds. The number of allylic oxidation sites excluding steroid dienone is 3. The van der Waals surface area contributed by atoms with Gasteiger partial charge in [0.25, 0.3) is 0 Å². The molecule has 1 aliphatic rings. The van der Waals surface area contributed by atoms with Crippen molar-refractivity contribution in [3.63, 3.8) is 0 Å². The number of carbonyl (C=O) groups excluding carboxylic acids is 1. The third-order valence-electron chi connectivity index (χ3n) is 5.05. The van der Waals surface area contributed by atoms with Crippen molar-refractivity contribution in [1.82, 2.24) is 0 Å². The Morgan fingerprint density at radius 2 is 1.76 bits per heavy atom. The Labute approximate surface area is 152 Å². The van der Waals surface area contributed by atoms with Crippen LogP contribution in [-0.2, 0) is 20.4 Å². The van der Waals surface area contributed by atoms with Crippen LogP contribution in [0.2, 0.25) is 0 Å². The molecule has 0 radical (unpaired) electrons. The Balaban J connectivity index is 2.24. The van der Waals surface area contributed by atoms with Crippen molar-refractivity contribution < 1.29 is 9.53 Å². The van der Waals surface area contributed by atoms with Gasteiger partial charge in [0, 0.05) is 11.6 Å². The highest BCUT2D eigenvalue weighted by Gasteiger charge is 2.36. The standard InChI is InChI=1S/C23H28O2/c1-17(15-21(24)25-6)9-7-8-10-18-11-12-19-20(16-18)23(4,5)14-13-22(19,2)3/h7,9,11-12,15-16H,13-14H2,1-6H3/b9-7+,17-15+. The summed E-state index contributed by atoms with van der Waals surface area (Å²) in [7, 11) is 1.37. The molecule has 0 saturated carbocycles. The van der Waals surface area contributed by atoms with Crippen LogP contribution in [0.1, 0.15) is 64.2 Å². The molecule has 1 aromatic rings. The first-order valence-electron chi connectivity index (χ1n) is 8.75. The van der Waals surface area contributed by atoms with Crippen LogP contribution in [0.15, 0.2) is 42.0 Å². The lowest BCUT2D eigenvalue weighted by Gasteiger charge is -2.41. The summed E-state index contributed by atoms with van der Waals surface area (Å²) >= 11 is 0. The summed E-state index contributed by atoms with van der Waals surface area (Å²) in [5.74, 6) is 5.91. The number of benzene rings is 1. The van der Waals surface area contributed by atoms with Gasteiger partial charge >= 0.3 is 5.97 Å². The largest absolute Gasteiger partial charge is 0.466 e. The molecule has 0 spiro atoms. The summed E-state index contributed by atoms with van der Waals surface area (Å²) in [4.78, 5) is 11.2. The average Bonchev–Trinajstić information content (AvgIpc) is 2.56. The number of rotatable bonds is 2. The van der Waals surface area contributed by atoms with Gasteiger partial charge in [-0.1, -0.05) is 51.7 Å². The first-order chi connectivity index (χ1) is 11.7. The summed E-state index contributed by atoms with van der Waals surface area (Å²) in [6.07, 6.45) is 7.44. The van der Waals surface area contributed by atoms with Crippen molar-refractivity contribution in [2.45, 2.75) is 58.3 Å². The molecule has 0 N–H and O–H groups in total. The summed E-state index contributed by atoms with van der Waals surface area (Å²) in [6.45, 7) is 11.1. The fourth-order valence-electron chi connectivity index (χ4n) is 3.26. The fourth-order valence-corrected chi connectivity index (χ4v) is 3.26. The third-order valence-corrected chi connectivity index (χ3v) is 5.05. The van der Waals surface area contributed by atoms with Crippen molar-refractivity contribution in [3.8, 4) is 11.8 Å². The zero-order chi connectivity index (χ0) is 18.7. The number of esters is 1. The minimum atomic E-state index is -0.352. The number of carbonyl (C=O) groups is 1. The molecule has 2 rings (SSSR count). The van der Waals surface area contributed by atoms with Crippen molar-refractivity contribution in [2.75, 3.05) is 7.11 Å². The van der Waals surface area contributed by atoms with Crippen molar-refractivity contribution in [2.24, 2.45) is 0 Å². The second kappa shape index (κ2) is 7.31. The van der Waals surface area contributed by atoms with Crippen molar-refractivity contribution in [3.05, 3.63) is 58.7 Å². The second-order valence-corrected chi connectivity index (χ2v) is 8.04. The predicted octanol–water partition coefficient (Wildman–Crippen LogP) is 5.06. The average molecular weight is 336 g/mol. The van der Waals surface area contributed by atoms with Gasteiger partial charge in [-0.15, -0.1) is 0 Å². The number of hydrogen-bond acceptors (Lipinski definition) is 2. The molecular weight excluding hydrogens is 308 g/mol. The van der Waals surface area contributed by atoms with E-state index in [-0.39, 0.29) is 16.8 Å². The van der Waals surface area contributed by atoms with Gasteiger partial charge in [0.1, 0.15) is 0 Å². The van der Waals surface area contributed by atoms with E-state index in [2.05, 4.69) is 62.5 Å². The van der Waals surface area contributed by atoms with E-state index in [1.54, 1.807) is 6.08 Å². The summed E-state index contributed by atoms with van der Waals surface area (Å²) in [6, 6.07) is 6.60. The van der Waals surface area contributed by atoms with E-state index < -0.39 is 0 Å². The van der Waals surface area contributed by atoms with Gasteiger partial charge in [-0.3, -0.25) is 0 Å². The van der Waals surface area contributed by atoms with Crippen molar-refractivity contribution >= 4 is 5.97 Å². The van der Waals surface area contributed by atoms with Gasteiger partial charge in [-0.25, -0.2) is 4.79 Å². The number of ether oxygens (including phenoxy) is 1. The molecular formula is C23H28O2. The van der Waals surface area contributed by atoms with Crippen LogP contribution < -0.4 is 0 Å². The molecule has 1 aromatic carbocycles. The van der Waals surface area contributed by atoms with E-state index >= 15 is 0 Å². The van der Waals surface area contributed by atoms with Gasteiger partial charge in [-0.05, 0) is 65.5 Å². The molecule has 0 heterocycles. The van der Waals surface area contributed by atoms with Crippen LogP contribution in [0.4, 0.5) is 0 Å². The van der Waals surface area contributed by atoms with E-state index in [4.69, 9.17) is 0 Å². The summed E-state index contributed by atoms with van der Waals surface area (Å²) in [5, 5.41) is 0. The fraction of sp³-hybridized carbons (Fsp3) is 0.435. The molecule has 2 nitrogen and oxygen atoms in total. The molecule has 1 aliphatic carbocycles. The Bertz CT molecular complexity index is 780. The quantitative estimate of drug-likeness (QED) is 0.326. The molecule has 132 valence electrons. The number of fused-ring (bicyclic) bond motifs is 1. The Hall–Kier alpha value is -2.27. The maximum Gasteiger partial charge on any atom is 0.330 e. The SMILES string of the molecule is COC(=O)/C=C(C)/C=C/C#Cc1ccc2c(c1)C(C)(C)CCC2(C)C. The lowest BCUT2D eigenvalue weighted by Crippen LogP contribution is -2.33. The monoisotopic (exact) mass is 336 g/mol. The van der Waals surface area contributed by atoms with Gasteiger partial charge in [0.05, 0.1) is 7.11 Å². The highest BCUT2D eigenvalue weighted by molar-refractivity contribution is 5.83. The van der Waals surface area contributed by atoms with E-state index in [9.17, 15) is 4.79 Å². The number of hydrogen-bond donors (Lipinski definition) is 0. The van der Waals surface area contributed by atoms with Crippen LogP contribution in [0.3, 0.4) is 0 Å². The molecule has 0 fully saturated rings. The van der Waals surface area contributed by atoms with Crippen LogP contribution in [0.25, 0.3) is 0 Å². The second-order valence-electron chi connectivity index (χ2n) is 8.04. The van der Waals surface area contributed by atoms with E-state index in [1.807, 2.05) is 13.0 Å². The normalized spacial score (nSPS) is 18.2. The minimum Gasteiger partial charge on any atom is -0.466 e. The molecule has 0 saturated heterocycles. The molecule has 25 heavy (non-hydrogen) atoms. The third kappa shape index (κ3) is 4.63. The summed E-state index contributed by atoms with van der Waals surface area (Å²) < 4.78 is 4.60. The smallest absolute Gasteiger partial charge is 0.330 e. The molecule has 0 aliphatic heterocycles. The Morgan fingerprint density at radius 1 is 1.12 bits per heavy atom. The summed E-state index contributed by atoms with van der Waals surface area (Å²) in [5.41, 5.74) is 5.13. The lowest BCUT2D eigenvalue weighted by atomic mass is 9.63. The Kier molecular flexibility index (Phi) is 5.58. The molecule has 0 bridgehead atoms. The van der Waals surface area contributed by atoms with Crippen molar-refractivity contribution in [1.29, 1.82) is 0 Å². The zero-order valence-electron chi connectivity index (χ0n) is 16.2. The number of methoxy groups -OCH3 is 1. The maximum absolute atomic E-state index is 11.2. The van der Waals surface area contributed by atoms with Gasteiger partial charge in [0.2, 0.25) is 0 Å². The first kappa shape index (κ1) is 19.1. The lowest BCUT2D eigenvalue weighted by molar-refractivity contribution is -0.134. The van der Waals surface area contributed by atoms with Crippen LogP contribution >= 0.6 is 0 Å². The van der Waals surface area contributed by atoms with Gasteiger partial charge < -0.3 is 4.74 Å². The van der Waals surface area contributed by atoms with E-state index in [0.717, 1.165) is 11.1 Å². The highest BCUT2D eigenvalue weighted by atomic mass is 16.5. The zero-order valence-corrected chi connectivity index (χ0v) is 16.2. The first-order valence-corrected chi connectivity index (χ1v) is 8.75. The minimum absolute atomic E-state index is 0.193. The topological polar surface area (TPSA) is 26.3 Å². The van der Waals surface area contributed by atoms with Crippen LogP contribution in [0, 0.1) is 11.8 Å². The molecule has 0 atom stereocenters. The van der Waals surface area contributed by atoms with Gasteiger partial charge in [-0.2, -0.15) is 0 Å². The van der Waals surface area contributed by atoms with E-state index in [1.165, 1.54) is 37.2 Å². The molecule has 0 aromatic heterocycles. The highest BCUT2D eigenvalue weighted by Crippen LogP contribution is 2.45. The maximum atomic E-state index is 11.2. The molecule has 0 unspecified atom stereocenters. The van der Waals surface area contributed by atoms with E-state index in [0.29, 0.717) is 0 Å². The van der Waals surface area contributed by atoms with Crippen LogP contribution in [-0.4, -0.2) is 13.1 Å². The Morgan fingerprint density at radius 3 is 2.40 bits per heavy atom. The predicted molar refractivity (Wildman–Crippen MR) is 104 cm³/mol. The van der Waals surface area contributed by atoms with Crippen LogP contribution in [0.5, 0.6) is 0 Å². The molecule has 2 heteroatoms.